The predicted molar refractivity (Wildman–Crippen MR) is 238 cm³/mol. The molecule has 5 nitrogen and oxygen atoms in total. The molecule has 1 N–H and O–H groups in total. The molecule has 1 saturated heterocycles. The molecule has 0 unspecified atom stereocenters. The van der Waals surface area contributed by atoms with Gasteiger partial charge in [-0.05, 0) is 57.4 Å². The van der Waals surface area contributed by atoms with Gasteiger partial charge in [-0.15, -0.1) is 11.4 Å². The molecule has 288 valence electrons. The molecule has 0 aliphatic carbocycles. The Morgan fingerprint density at radius 1 is 0.600 bits per heavy atom. The van der Waals surface area contributed by atoms with E-state index in [2.05, 4.69) is 157 Å². The second-order valence-corrected chi connectivity index (χ2v) is 16.9. The van der Waals surface area contributed by atoms with Crippen molar-refractivity contribution < 1.29 is 14.3 Å². The predicted octanol–water partition coefficient (Wildman–Crippen LogP) is 12.6. The summed E-state index contributed by atoms with van der Waals surface area (Å²) in [5, 5.41) is 9.99. The summed E-state index contributed by atoms with van der Waals surface area (Å²) in [6, 6.07) is 33.4. The molecule has 1 atom stereocenters. The largest absolute Gasteiger partial charge is 2.00 e. The Hall–Kier alpha value is -3.36. The van der Waals surface area contributed by atoms with Crippen LogP contribution in [0.2, 0.25) is 0 Å². The Labute approximate surface area is 350 Å². The van der Waals surface area contributed by atoms with Gasteiger partial charge >= 0.3 is 30.2 Å². The van der Waals surface area contributed by atoms with E-state index < -0.39 is 7.12 Å². The van der Waals surface area contributed by atoms with E-state index in [0.717, 1.165) is 28.3 Å². The van der Waals surface area contributed by atoms with Gasteiger partial charge < -0.3 is 19.9 Å². The molecule has 0 aromatic heterocycles. The zero-order chi connectivity index (χ0) is 39.8. The molecule has 4 aromatic carbocycles. The summed E-state index contributed by atoms with van der Waals surface area (Å²) in [6.07, 6.45) is 2.17. The van der Waals surface area contributed by atoms with Crippen LogP contribution in [-0.2, 0) is 9.31 Å². The molecule has 0 bridgehead atoms. The first-order valence-electron chi connectivity index (χ1n) is 19.8. The van der Waals surface area contributed by atoms with Crippen molar-refractivity contribution in [3.63, 3.8) is 0 Å². The first kappa shape index (κ1) is 46.0. The molecule has 0 radical (unpaired) electrons. The van der Waals surface area contributed by atoms with Crippen molar-refractivity contribution in [3.05, 3.63) is 147 Å². The first-order valence-corrected chi connectivity index (χ1v) is 19.8. The quantitative estimate of drug-likeness (QED) is 0.116. The third kappa shape index (κ3) is 12.1. The summed E-state index contributed by atoms with van der Waals surface area (Å²) in [7, 11) is -0.400. The van der Waals surface area contributed by atoms with E-state index in [4.69, 9.17) is 19.9 Å². The minimum Gasteiger partial charge on any atom is -0.680 e. The van der Waals surface area contributed by atoms with Crippen LogP contribution in [0, 0.1) is 0 Å². The molecule has 5 rings (SSSR count). The van der Waals surface area contributed by atoms with E-state index in [1.807, 2.05) is 48.5 Å². The third-order valence-corrected chi connectivity index (χ3v) is 10.5. The van der Waals surface area contributed by atoms with E-state index >= 15 is 0 Å². The number of nitrogens with one attached hydrogen (secondary N) is 1. The van der Waals surface area contributed by atoms with Gasteiger partial charge in [-0.25, -0.2) is 4.99 Å². The number of benzene rings is 4. The maximum Gasteiger partial charge on any atom is 2.00 e. The molecule has 0 saturated carbocycles. The summed E-state index contributed by atoms with van der Waals surface area (Å²) in [5.74, 6) is 1.63. The van der Waals surface area contributed by atoms with Crippen molar-refractivity contribution in [3.8, 4) is 0 Å². The fourth-order valence-corrected chi connectivity index (χ4v) is 6.73. The van der Waals surface area contributed by atoms with E-state index in [1.54, 1.807) is 0 Å². The number of hydrogen-bond donors (Lipinski definition) is 1. The van der Waals surface area contributed by atoms with E-state index in [0.29, 0.717) is 23.7 Å². The molecule has 1 aliphatic heterocycles. The molecule has 55 heavy (non-hydrogen) atoms. The molecule has 7 heteroatoms. The fraction of sp³-hybridized carbons (Fsp3) is 0.438. The second kappa shape index (κ2) is 20.2. The van der Waals surface area contributed by atoms with Crippen LogP contribution in [0.15, 0.2) is 109 Å². The van der Waals surface area contributed by atoms with Crippen LogP contribution >= 0.6 is 0 Å². The van der Waals surface area contributed by atoms with Gasteiger partial charge in [0.1, 0.15) is 0 Å². The summed E-state index contributed by atoms with van der Waals surface area (Å²) < 4.78 is 12.5. The van der Waals surface area contributed by atoms with Crippen LogP contribution in [0.25, 0.3) is 10.6 Å². The minimum absolute atomic E-state index is 0. The molecular formula is C48H65BMgN3O2+. The van der Waals surface area contributed by atoms with Gasteiger partial charge in [0.2, 0.25) is 5.69 Å². The van der Waals surface area contributed by atoms with Crippen LogP contribution in [-0.4, -0.2) is 47.1 Å². The molecular weight excluding hydrogens is 686 g/mol. The van der Waals surface area contributed by atoms with Crippen molar-refractivity contribution in [1.82, 2.24) is 0 Å². The van der Waals surface area contributed by atoms with Crippen molar-refractivity contribution in [2.24, 2.45) is 0 Å². The second-order valence-electron chi connectivity index (χ2n) is 16.9. The molecule has 1 aliphatic rings. The number of rotatable bonds is 12. The van der Waals surface area contributed by atoms with Crippen LogP contribution in [0.3, 0.4) is 0 Å². The van der Waals surface area contributed by atoms with Gasteiger partial charge in [-0.1, -0.05) is 182 Å². The molecule has 4 aromatic rings. The van der Waals surface area contributed by atoms with Crippen LogP contribution < -0.4 is 4.99 Å². The minimum atomic E-state index is -0.400. The van der Waals surface area contributed by atoms with Crippen molar-refractivity contribution >= 4 is 52.9 Å². The average molecular weight is 751 g/mol. The zero-order valence-electron chi connectivity index (χ0n) is 36.2. The maximum absolute atomic E-state index is 6.24. The standard InChI is InChI=1S/C29H41N2.C19H23BNO2.Mg/c1-18(2)24-13-11-14-25(19(3)4)28(24)30-22(9)17-23(10)31-29-26(20(5)6)15-12-16-27(29)21(7)8;1-18(2)19(3,4)23-20(22-18)17(15-11-7-5-8-12-15)21-16-13-9-6-10-14-16;/h11-21H,1-10H3;5-14,17H,1-4H3;/q2*-1;+2/p+1/b22-17-,31-23?;;/t;17-;/m.0./s1. The summed E-state index contributed by atoms with van der Waals surface area (Å²) in [5.41, 5.74) is 11.2. The van der Waals surface area contributed by atoms with Gasteiger partial charge in [-0.2, -0.15) is 5.70 Å². The van der Waals surface area contributed by atoms with Crippen molar-refractivity contribution in [1.29, 1.82) is 0 Å². The molecule has 0 spiro atoms. The fourth-order valence-electron chi connectivity index (χ4n) is 6.73. The topological polar surface area (TPSA) is 60.6 Å². The normalized spacial score (nSPS) is 15.9. The maximum atomic E-state index is 6.24. The summed E-state index contributed by atoms with van der Waals surface area (Å²) in [4.78, 5) is 3.71. The number of hydrogen-bond acceptors (Lipinski definition) is 2. The van der Waals surface area contributed by atoms with E-state index in [1.165, 1.54) is 27.9 Å². The SMILES string of the molecule is CC(/C=C(/C)[N-]c1c(C(C)C)cccc1C(C)C)=[NH+]c1c(C(C)C)cccc1C(C)C.CC1(C)OB([C@@H]([N-]c2ccccc2)c2ccccc2)OC1(C)C.[Mg+2]. The Kier molecular flexibility index (Phi) is 16.9. The number of para-hydroxylation sites is 3. The Morgan fingerprint density at radius 3 is 1.45 bits per heavy atom. The average Bonchev–Trinajstić information content (AvgIpc) is 3.33. The monoisotopic (exact) mass is 751 g/mol. The summed E-state index contributed by atoms with van der Waals surface area (Å²) in [6.45, 7) is 30.5. The van der Waals surface area contributed by atoms with Crippen molar-refractivity contribution in [2.45, 2.75) is 138 Å². The Bertz CT molecular complexity index is 1800. The molecule has 1 fully saturated rings. The van der Waals surface area contributed by atoms with Crippen LogP contribution in [0.5, 0.6) is 0 Å². The molecule has 0 amide bonds. The van der Waals surface area contributed by atoms with E-state index in [9.17, 15) is 0 Å². The van der Waals surface area contributed by atoms with Gasteiger partial charge in [0.15, 0.2) is 5.71 Å². The zero-order valence-corrected chi connectivity index (χ0v) is 37.6. The Morgan fingerprint density at radius 2 is 1.02 bits per heavy atom. The van der Waals surface area contributed by atoms with Crippen LogP contribution in [0.4, 0.5) is 17.1 Å². The third-order valence-electron chi connectivity index (χ3n) is 10.5. The Balaban J connectivity index is 0.000000301. The van der Waals surface area contributed by atoms with Gasteiger partial charge in [0.05, 0.1) is 11.2 Å². The number of nitrogens with zero attached hydrogens (tertiary/aromatic N) is 2. The summed E-state index contributed by atoms with van der Waals surface area (Å²) >= 11 is 0. The van der Waals surface area contributed by atoms with Gasteiger partial charge in [0.25, 0.3) is 0 Å². The number of allylic oxidation sites excluding steroid dienone is 2. The van der Waals surface area contributed by atoms with E-state index in [-0.39, 0.29) is 40.2 Å². The van der Waals surface area contributed by atoms with Crippen molar-refractivity contribution in [2.75, 3.05) is 0 Å². The smallest absolute Gasteiger partial charge is 0.680 e. The van der Waals surface area contributed by atoms with Crippen LogP contribution in [0.1, 0.15) is 154 Å². The molecule has 1 heterocycles. The van der Waals surface area contributed by atoms with Gasteiger partial charge in [-0.3, -0.25) is 0 Å². The van der Waals surface area contributed by atoms with Gasteiger partial charge in [0, 0.05) is 18.1 Å². The first-order chi connectivity index (χ1) is 25.4.